The predicted octanol–water partition coefficient (Wildman–Crippen LogP) is 2.60. The van der Waals surface area contributed by atoms with Crippen molar-refractivity contribution in [2.75, 3.05) is 7.05 Å². The molecule has 1 rings (SSSR count). The van der Waals surface area contributed by atoms with Gasteiger partial charge in [-0.1, -0.05) is 27.7 Å². The summed E-state index contributed by atoms with van der Waals surface area (Å²) in [6.07, 6.45) is 5.25. The van der Waals surface area contributed by atoms with Gasteiger partial charge in [-0.05, 0) is 18.9 Å². The van der Waals surface area contributed by atoms with Crippen molar-refractivity contribution in [3.8, 4) is 0 Å². The second-order valence-corrected chi connectivity index (χ2v) is 5.12. The van der Waals surface area contributed by atoms with Crippen LogP contribution in [0, 0.1) is 5.41 Å². The average molecular weight is 209 g/mol. The monoisotopic (exact) mass is 209 g/mol. The Hall–Kier alpha value is -0.830. The van der Waals surface area contributed by atoms with Crippen molar-refractivity contribution in [1.29, 1.82) is 0 Å². The lowest BCUT2D eigenvalue weighted by atomic mass is 9.84. The van der Waals surface area contributed by atoms with Crippen molar-refractivity contribution >= 4 is 0 Å². The third kappa shape index (κ3) is 3.06. The molecule has 3 heteroatoms. The Morgan fingerprint density at radius 2 is 2.13 bits per heavy atom. The van der Waals surface area contributed by atoms with Crippen molar-refractivity contribution in [2.24, 2.45) is 5.41 Å². The summed E-state index contributed by atoms with van der Waals surface area (Å²) in [5.74, 6) is 0. The molecule has 86 valence electrons. The Kier molecular flexibility index (Phi) is 3.91. The third-order valence-corrected chi connectivity index (χ3v) is 2.59. The maximum absolute atomic E-state index is 4.36. The molecule has 0 aliphatic heterocycles. The molecule has 0 bridgehead atoms. The van der Waals surface area contributed by atoms with Gasteiger partial charge in [-0.3, -0.25) is 4.68 Å². The molecule has 0 saturated carbocycles. The average Bonchev–Trinajstić information content (AvgIpc) is 2.52. The molecule has 0 radical (unpaired) electrons. The van der Waals surface area contributed by atoms with Crippen LogP contribution in [0.25, 0.3) is 0 Å². The van der Waals surface area contributed by atoms with E-state index in [2.05, 4.69) is 44.3 Å². The number of hydrogen-bond acceptors (Lipinski definition) is 2. The summed E-state index contributed by atoms with van der Waals surface area (Å²) in [7, 11) is 2.01. The molecule has 0 spiro atoms. The molecule has 0 aliphatic rings. The van der Waals surface area contributed by atoms with Crippen molar-refractivity contribution in [2.45, 2.75) is 46.7 Å². The standard InChI is InChI=1S/C12H23N3/c1-6-7-15-9-10(8-14-15)11(13-5)12(2,3)4/h8-9,11,13H,6-7H2,1-5H3. The summed E-state index contributed by atoms with van der Waals surface area (Å²) in [5.41, 5.74) is 1.49. The minimum Gasteiger partial charge on any atom is -0.312 e. The van der Waals surface area contributed by atoms with Crippen LogP contribution in [0.4, 0.5) is 0 Å². The lowest BCUT2D eigenvalue weighted by Gasteiger charge is -2.29. The second kappa shape index (κ2) is 4.79. The van der Waals surface area contributed by atoms with Gasteiger partial charge in [0.1, 0.15) is 0 Å². The van der Waals surface area contributed by atoms with Crippen LogP contribution in [0.5, 0.6) is 0 Å². The summed E-state index contributed by atoms with van der Waals surface area (Å²) >= 11 is 0. The summed E-state index contributed by atoms with van der Waals surface area (Å²) in [6, 6.07) is 0.364. The fraction of sp³-hybridized carbons (Fsp3) is 0.750. The van der Waals surface area contributed by atoms with Crippen LogP contribution in [-0.2, 0) is 6.54 Å². The van der Waals surface area contributed by atoms with E-state index in [4.69, 9.17) is 0 Å². The van der Waals surface area contributed by atoms with Crippen LogP contribution in [0.15, 0.2) is 12.4 Å². The summed E-state index contributed by atoms with van der Waals surface area (Å²) in [4.78, 5) is 0. The van der Waals surface area contributed by atoms with Gasteiger partial charge < -0.3 is 5.32 Å². The van der Waals surface area contributed by atoms with E-state index in [-0.39, 0.29) is 5.41 Å². The molecular formula is C12H23N3. The SMILES string of the molecule is CCCn1cc(C(NC)C(C)(C)C)cn1. The molecule has 15 heavy (non-hydrogen) atoms. The van der Waals surface area contributed by atoms with Crippen LogP contribution in [0.1, 0.15) is 45.7 Å². The largest absolute Gasteiger partial charge is 0.312 e. The maximum Gasteiger partial charge on any atom is 0.0537 e. The molecule has 1 aromatic rings. The van der Waals surface area contributed by atoms with Gasteiger partial charge in [0.05, 0.1) is 6.20 Å². The van der Waals surface area contributed by atoms with Crippen LogP contribution in [0.2, 0.25) is 0 Å². The zero-order chi connectivity index (χ0) is 11.5. The van der Waals surface area contributed by atoms with Crippen LogP contribution in [0.3, 0.4) is 0 Å². The van der Waals surface area contributed by atoms with Crippen molar-refractivity contribution in [1.82, 2.24) is 15.1 Å². The highest BCUT2D eigenvalue weighted by molar-refractivity contribution is 5.13. The highest BCUT2D eigenvalue weighted by atomic mass is 15.3. The Balaban J connectivity index is 2.83. The fourth-order valence-electron chi connectivity index (χ4n) is 1.98. The minimum atomic E-state index is 0.217. The molecule has 0 aromatic carbocycles. The van der Waals surface area contributed by atoms with Gasteiger partial charge >= 0.3 is 0 Å². The van der Waals surface area contributed by atoms with E-state index in [0.717, 1.165) is 13.0 Å². The molecule has 0 fully saturated rings. The van der Waals surface area contributed by atoms with Gasteiger partial charge in [-0.15, -0.1) is 0 Å². The van der Waals surface area contributed by atoms with Gasteiger partial charge in [0.25, 0.3) is 0 Å². The van der Waals surface area contributed by atoms with Gasteiger partial charge in [-0.2, -0.15) is 5.10 Å². The molecule has 1 heterocycles. The predicted molar refractivity (Wildman–Crippen MR) is 63.8 cm³/mol. The molecule has 1 aromatic heterocycles. The molecule has 1 atom stereocenters. The molecule has 1 unspecified atom stereocenters. The Morgan fingerprint density at radius 1 is 1.47 bits per heavy atom. The number of aromatic nitrogens is 2. The Bertz CT molecular complexity index is 296. The molecular weight excluding hydrogens is 186 g/mol. The minimum absolute atomic E-state index is 0.217. The molecule has 0 saturated heterocycles. The first-order valence-corrected chi connectivity index (χ1v) is 5.68. The van der Waals surface area contributed by atoms with Crippen molar-refractivity contribution in [3.63, 3.8) is 0 Å². The van der Waals surface area contributed by atoms with E-state index >= 15 is 0 Å². The van der Waals surface area contributed by atoms with E-state index < -0.39 is 0 Å². The Labute approximate surface area is 92.9 Å². The van der Waals surface area contributed by atoms with E-state index in [1.165, 1.54) is 5.56 Å². The van der Waals surface area contributed by atoms with Crippen molar-refractivity contribution < 1.29 is 0 Å². The number of nitrogens with zero attached hydrogens (tertiary/aromatic N) is 2. The number of rotatable bonds is 4. The number of hydrogen-bond donors (Lipinski definition) is 1. The normalized spacial score (nSPS) is 14.2. The second-order valence-electron chi connectivity index (χ2n) is 5.12. The first-order chi connectivity index (χ1) is 6.99. The zero-order valence-electron chi connectivity index (χ0n) is 10.5. The van der Waals surface area contributed by atoms with Crippen LogP contribution in [-0.4, -0.2) is 16.8 Å². The molecule has 0 amide bonds. The van der Waals surface area contributed by atoms with Gasteiger partial charge in [0.15, 0.2) is 0 Å². The quantitative estimate of drug-likeness (QED) is 0.826. The first kappa shape index (κ1) is 12.2. The maximum atomic E-state index is 4.36. The summed E-state index contributed by atoms with van der Waals surface area (Å²) in [5, 5.41) is 7.73. The Morgan fingerprint density at radius 3 is 2.60 bits per heavy atom. The van der Waals surface area contributed by atoms with E-state index in [0.29, 0.717) is 6.04 Å². The van der Waals surface area contributed by atoms with Crippen molar-refractivity contribution in [3.05, 3.63) is 18.0 Å². The van der Waals surface area contributed by atoms with Crippen LogP contribution < -0.4 is 5.32 Å². The lowest BCUT2D eigenvalue weighted by molar-refractivity contribution is 0.287. The third-order valence-electron chi connectivity index (χ3n) is 2.59. The molecule has 0 aliphatic carbocycles. The van der Waals surface area contributed by atoms with Gasteiger partial charge in [-0.25, -0.2) is 0 Å². The topological polar surface area (TPSA) is 29.9 Å². The van der Waals surface area contributed by atoms with E-state index in [1.807, 2.05) is 17.9 Å². The van der Waals surface area contributed by atoms with Gasteiger partial charge in [0.2, 0.25) is 0 Å². The summed E-state index contributed by atoms with van der Waals surface area (Å²) in [6.45, 7) is 9.89. The smallest absolute Gasteiger partial charge is 0.0537 e. The number of aryl methyl sites for hydroxylation is 1. The van der Waals surface area contributed by atoms with Gasteiger partial charge in [0, 0.05) is 24.3 Å². The summed E-state index contributed by atoms with van der Waals surface area (Å²) < 4.78 is 2.02. The van der Waals surface area contributed by atoms with Crippen LogP contribution >= 0.6 is 0 Å². The highest BCUT2D eigenvalue weighted by Gasteiger charge is 2.25. The zero-order valence-corrected chi connectivity index (χ0v) is 10.5. The van der Waals surface area contributed by atoms with E-state index in [1.54, 1.807) is 0 Å². The highest BCUT2D eigenvalue weighted by Crippen LogP contribution is 2.31. The molecule has 1 N–H and O–H groups in total. The lowest BCUT2D eigenvalue weighted by Crippen LogP contribution is -2.29. The fourth-order valence-corrected chi connectivity index (χ4v) is 1.98. The number of nitrogens with one attached hydrogen (secondary N) is 1. The first-order valence-electron chi connectivity index (χ1n) is 5.68. The van der Waals surface area contributed by atoms with E-state index in [9.17, 15) is 0 Å². The molecule has 3 nitrogen and oxygen atoms in total.